The third-order valence-electron chi connectivity index (χ3n) is 5.83. The number of fused-ring (bicyclic) bond motifs is 1. The quantitative estimate of drug-likeness (QED) is 0.337. The first-order valence-electron chi connectivity index (χ1n) is 11.5. The Morgan fingerprint density at radius 1 is 1.15 bits per heavy atom. The summed E-state index contributed by atoms with van der Waals surface area (Å²) < 4.78 is 0. The summed E-state index contributed by atoms with van der Waals surface area (Å²) >= 11 is 9.58. The zero-order valence-corrected chi connectivity index (χ0v) is 21.0. The van der Waals surface area contributed by atoms with Crippen molar-refractivity contribution in [2.45, 2.75) is 48.7 Å². The van der Waals surface area contributed by atoms with E-state index in [1.54, 1.807) is 11.0 Å². The topological polar surface area (TPSA) is 49.4 Å². The average molecular weight is 501 g/mol. The third-order valence-corrected chi connectivity index (χ3v) is 8.61. The molecule has 4 rings (SSSR count). The van der Waals surface area contributed by atoms with Crippen molar-refractivity contribution in [3.05, 3.63) is 64.0 Å². The molecule has 0 radical (unpaired) electrons. The molecule has 174 valence electrons. The maximum absolute atomic E-state index is 13.3. The lowest BCUT2D eigenvalue weighted by atomic mass is 10.0. The zero-order valence-electron chi connectivity index (χ0n) is 18.6. The van der Waals surface area contributed by atoms with Gasteiger partial charge in [-0.15, -0.1) is 0 Å². The minimum Gasteiger partial charge on any atom is -0.355 e. The largest absolute Gasteiger partial charge is 0.355 e. The highest BCUT2D eigenvalue weighted by molar-refractivity contribution is 8.04. The van der Waals surface area contributed by atoms with Gasteiger partial charge in [-0.1, -0.05) is 66.9 Å². The standard InChI is InChI=1S/C26H29ClN2O2S2/c27-20-9-6-8-19(16-20)17-24-26(31)29(22-12-4-5-13-23(22)33-24)18-25(30)28-14-7-15-32-21-10-2-1-3-11-21/h4-6,8-9,12-13,16-17,21H,1-3,7,10-11,14-15,18H2,(H,28,30)/b24-17-. The van der Waals surface area contributed by atoms with Crippen molar-refractivity contribution in [1.82, 2.24) is 5.32 Å². The smallest absolute Gasteiger partial charge is 0.265 e. The molecule has 0 saturated heterocycles. The highest BCUT2D eigenvalue weighted by atomic mass is 35.5. The molecule has 2 aromatic carbocycles. The Kier molecular flexibility index (Phi) is 8.82. The van der Waals surface area contributed by atoms with Crippen LogP contribution in [-0.2, 0) is 9.59 Å². The van der Waals surface area contributed by atoms with Crippen LogP contribution in [0, 0.1) is 0 Å². The number of hydrogen-bond donors (Lipinski definition) is 1. The van der Waals surface area contributed by atoms with Crippen LogP contribution in [0.3, 0.4) is 0 Å². The second-order valence-corrected chi connectivity index (χ2v) is 11.3. The molecule has 1 fully saturated rings. The van der Waals surface area contributed by atoms with E-state index < -0.39 is 0 Å². The SMILES string of the molecule is O=C(CN1C(=O)/C(=C/c2cccc(Cl)c2)Sc2ccccc21)NCCCSC1CCCCC1. The number of carbonyl (C=O) groups excluding carboxylic acids is 2. The molecule has 1 N–H and O–H groups in total. The molecule has 2 aliphatic rings. The fourth-order valence-corrected chi connectivity index (χ4v) is 6.72. The first kappa shape index (κ1) is 24.2. The van der Waals surface area contributed by atoms with Gasteiger partial charge >= 0.3 is 0 Å². The van der Waals surface area contributed by atoms with Gasteiger partial charge in [0.2, 0.25) is 5.91 Å². The maximum atomic E-state index is 13.3. The summed E-state index contributed by atoms with van der Waals surface area (Å²) in [6.45, 7) is 0.654. The van der Waals surface area contributed by atoms with E-state index in [-0.39, 0.29) is 18.4 Å². The van der Waals surface area contributed by atoms with Gasteiger partial charge in [0.1, 0.15) is 6.54 Å². The molecule has 2 aromatic rings. The molecule has 7 heteroatoms. The van der Waals surface area contributed by atoms with E-state index in [9.17, 15) is 9.59 Å². The van der Waals surface area contributed by atoms with Crippen molar-refractivity contribution < 1.29 is 9.59 Å². The van der Waals surface area contributed by atoms with Gasteiger partial charge in [-0.2, -0.15) is 11.8 Å². The fraction of sp³-hybridized carbons (Fsp3) is 0.385. The van der Waals surface area contributed by atoms with Crippen LogP contribution in [0.2, 0.25) is 5.02 Å². The van der Waals surface area contributed by atoms with Gasteiger partial charge in [0.15, 0.2) is 0 Å². The normalized spacial score (nSPS) is 17.8. The molecule has 1 saturated carbocycles. The number of anilines is 1. The van der Waals surface area contributed by atoms with Crippen LogP contribution >= 0.6 is 35.1 Å². The van der Waals surface area contributed by atoms with E-state index >= 15 is 0 Å². The van der Waals surface area contributed by atoms with Crippen LogP contribution in [0.25, 0.3) is 6.08 Å². The number of rotatable bonds is 8. The fourth-order valence-electron chi connectivity index (χ4n) is 4.15. The van der Waals surface area contributed by atoms with Crippen LogP contribution in [0.5, 0.6) is 0 Å². The summed E-state index contributed by atoms with van der Waals surface area (Å²) in [5.74, 6) is 0.774. The number of carbonyl (C=O) groups is 2. The number of halogens is 1. The summed E-state index contributed by atoms with van der Waals surface area (Å²) in [7, 11) is 0. The number of hydrogen-bond acceptors (Lipinski definition) is 4. The molecule has 4 nitrogen and oxygen atoms in total. The Morgan fingerprint density at radius 2 is 1.97 bits per heavy atom. The highest BCUT2D eigenvalue weighted by Gasteiger charge is 2.30. The van der Waals surface area contributed by atoms with Gasteiger partial charge in [-0.05, 0) is 60.9 Å². The van der Waals surface area contributed by atoms with Crippen LogP contribution in [0.4, 0.5) is 5.69 Å². The van der Waals surface area contributed by atoms with Gasteiger partial charge in [-0.25, -0.2) is 0 Å². The Hall–Kier alpha value is -1.89. The minimum atomic E-state index is -0.165. The van der Waals surface area contributed by atoms with Crippen LogP contribution in [0.15, 0.2) is 58.3 Å². The van der Waals surface area contributed by atoms with Crippen LogP contribution in [-0.4, -0.2) is 35.9 Å². The molecule has 33 heavy (non-hydrogen) atoms. The lowest BCUT2D eigenvalue weighted by Gasteiger charge is -2.29. The number of thioether (sulfide) groups is 2. The van der Waals surface area contributed by atoms with Crippen LogP contribution in [0.1, 0.15) is 44.1 Å². The van der Waals surface area contributed by atoms with Gasteiger partial charge in [0, 0.05) is 21.7 Å². The lowest BCUT2D eigenvalue weighted by Crippen LogP contribution is -2.43. The van der Waals surface area contributed by atoms with Gasteiger partial charge < -0.3 is 5.32 Å². The van der Waals surface area contributed by atoms with E-state index in [1.165, 1.54) is 43.9 Å². The predicted molar refractivity (Wildman–Crippen MR) is 141 cm³/mol. The Balaban J connectivity index is 1.36. The molecule has 1 aliphatic carbocycles. The van der Waals surface area contributed by atoms with Gasteiger partial charge in [0.05, 0.1) is 10.6 Å². The third kappa shape index (κ3) is 6.81. The molecule has 2 amide bonds. The lowest BCUT2D eigenvalue weighted by molar-refractivity contribution is -0.122. The van der Waals surface area contributed by atoms with Gasteiger partial charge in [-0.3, -0.25) is 14.5 Å². The summed E-state index contributed by atoms with van der Waals surface area (Å²) in [5, 5.41) is 4.41. The molecule has 0 atom stereocenters. The van der Waals surface area contributed by atoms with E-state index in [1.807, 2.05) is 60.3 Å². The number of nitrogens with one attached hydrogen (secondary N) is 1. The number of amides is 2. The molecule has 0 aromatic heterocycles. The Labute approximate surface area is 209 Å². The van der Waals surface area contributed by atoms with E-state index in [2.05, 4.69) is 5.32 Å². The van der Waals surface area contributed by atoms with Gasteiger partial charge in [0.25, 0.3) is 5.91 Å². The highest BCUT2D eigenvalue weighted by Crippen LogP contribution is 2.42. The van der Waals surface area contributed by atoms with Crippen molar-refractivity contribution in [2.75, 3.05) is 23.7 Å². The molecule has 0 bridgehead atoms. The Bertz CT molecular complexity index is 1020. The summed E-state index contributed by atoms with van der Waals surface area (Å²) in [6.07, 6.45) is 9.53. The molecule has 1 heterocycles. The first-order valence-corrected chi connectivity index (χ1v) is 13.8. The molecule has 0 unspecified atom stereocenters. The van der Waals surface area contributed by atoms with Crippen molar-refractivity contribution in [2.24, 2.45) is 0 Å². The Morgan fingerprint density at radius 3 is 2.79 bits per heavy atom. The summed E-state index contributed by atoms with van der Waals surface area (Å²) in [5.41, 5.74) is 1.64. The summed E-state index contributed by atoms with van der Waals surface area (Å²) in [6, 6.07) is 15.1. The van der Waals surface area contributed by atoms with Crippen molar-refractivity contribution in [3.8, 4) is 0 Å². The minimum absolute atomic E-state index is 0.0130. The van der Waals surface area contributed by atoms with E-state index in [4.69, 9.17) is 11.6 Å². The predicted octanol–water partition coefficient (Wildman–Crippen LogP) is 6.39. The molecular formula is C26H29ClN2O2S2. The van der Waals surface area contributed by atoms with E-state index in [0.29, 0.717) is 16.5 Å². The number of para-hydroxylation sites is 1. The zero-order chi connectivity index (χ0) is 23.0. The molecular weight excluding hydrogens is 472 g/mol. The monoisotopic (exact) mass is 500 g/mol. The average Bonchev–Trinajstić information content (AvgIpc) is 2.82. The molecule has 1 aliphatic heterocycles. The number of nitrogens with zero attached hydrogens (tertiary/aromatic N) is 1. The van der Waals surface area contributed by atoms with Crippen molar-refractivity contribution >= 4 is 58.7 Å². The number of benzene rings is 2. The summed E-state index contributed by atoms with van der Waals surface area (Å²) in [4.78, 5) is 29.1. The van der Waals surface area contributed by atoms with Crippen molar-refractivity contribution in [3.63, 3.8) is 0 Å². The second-order valence-electron chi connectivity index (χ2n) is 8.36. The van der Waals surface area contributed by atoms with Crippen LogP contribution < -0.4 is 10.2 Å². The van der Waals surface area contributed by atoms with Crippen molar-refractivity contribution in [1.29, 1.82) is 0 Å². The van der Waals surface area contributed by atoms with E-state index in [0.717, 1.165) is 33.6 Å². The first-order chi connectivity index (χ1) is 16.1. The maximum Gasteiger partial charge on any atom is 0.265 e. The molecule has 0 spiro atoms. The second kappa shape index (κ2) is 12.0.